The second kappa shape index (κ2) is 12.9. The van der Waals surface area contributed by atoms with E-state index in [9.17, 15) is 14.4 Å². The minimum absolute atomic E-state index is 0.0407. The van der Waals surface area contributed by atoms with Crippen LogP contribution in [0.5, 0.6) is 0 Å². The minimum atomic E-state index is -0.760. The van der Waals surface area contributed by atoms with Gasteiger partial charge in [-0.05, 0) is 39.7 Å². The molecule has 8 nitrogen and oxygen atoms in total. The van der Waals surface area contributed by atoms with Crippen LogP contribution < -0.4 is 0 Å². The Hall–Kier alpha value is -2.45. The van der Waals surface area contributed by atoms with Gasteiger partial charge in [0.25, 0.3) is 0 Å². The van der Waals surface area contributed by atoms with E-state index in [1.54, 1.807) is 41.8 Å². The number of hydrogen-bond donors (Lipinski definition) is 0. The average Bonchev–Trinajstić information content (AvgIpc) is 2.78. The van der Waals surface area contributed by atoms with E-state index in [1.165, 1.54) is 4.90 Å². The Balaban J connectivity index is 2.15. The van der Waals surface area contributed by atoms with E-state index in [2.05, 4.69) is 0 Å². The first kappa shape index (κ1) is 27.8. The van der Waals surface area contributed by atoms with E-state index in [4.69, 9.17) is 18.9 Å². The molecule has 0 unspecified atom stereocenters. The molecule has 8 heteroatoms. The van der Waals surface area contributed by atoms with Crippen LogP contribution in [0.1, 0.15) is 46.1 Å². The maximum Gasteiger partial charge on any atom is 0.312 e. The van der Waals surface area contributed by atoms with E-state index in [1.807, 2.05) is 30.3 Å². The summed E-state index contributed by atoms with van der Waals surface area (Å²) in [7, 11) is 3.40. The van der Waals surface area contributed by atoms with Crippen LogP contribution in [-0.4, -0.2) is 74.5 Å². The molecular formula is C26H39NO7. The van der Waals surface area contributed by atoms with Crippen LogP contribution in [0.3, 0.4) is 0 Å². The lowest BCUT2D eigenvalue weighted by atomic mass is 9.91. The number of benzene rings is 1. The summed E-state index contributed by atoms with van der Waals surface area (Å²) in [4.78, 5) is 38.7. The number of amides is 1. The van der Waals surface area contributed by atoms with Gasteiger partial charge in [-0.3, -0.25) is 14.4 Å². The average molecular weight is 478 g/mol. The van der Waals surface area contributed by atoms with Crippen LogP contribution >= 0.6 is 0 Å². The molecule has 4 atom stereocenters. The van der Waals surface area contributed by atoms with Gasteiger partial charge in [-0.1, -0.05) is 30.3 Å². The molecule has 1 aliphatic rings. The Morgan fingerprint density at radius 1 is 1.12 bits per heavy atom. The highest BCUT2D eigenvalue weighted by molar-refractivity contribution is 5.80. The van der Waals surface area contributed by atoms with Crippen LogP contribution in [0, 0.1) is 11.8 Å². The standard InChI is InChI=1S/C26H39NO7/c1-18-24(32-13-12-22(28)27(5)6)20(14-19-10-8-7-9-11-19)16-31-17-21(25(30)33-18)15-23(29)34-26(2,3)4/h7-11,18,20-21,24H,12-17H2,1-6H3/t18-,20-,21-,24-/m0/s1. The summed E-state index contributed by atoms with van der Waals surface area (Å²) in [5.41, 5.74) is 0.467. The lowest BCUT2D eigenvalue weighted by molar-refractivity contribution is -0.169. The van der Waals surface area contributed by atoms with Crippen LogP contribution in [0.15, 0.2) is 30.3 Å². The molecule has 0 aliphatic carbocycles. The van der Waals surface area contributed by atoms with E-state index in [0.717, 1.165) is 5.56 Å². The van der Waals surface area contributed by atoms with Gasteiger partial charge in [0.15, 0.2) is 0 Å². The summed E-state index contributed by atoms with van der Waals surface area (Å²) in [6.07, 6.45) is -0.289. The molecule has 1 amide bonds. The molecule has 1 aromatic rings. The molecule has 34 heavy (non-hydrogen) atoms. The third-order valence-corrected chi connectivity index (χ3v) is 5.51. The van der Waals surface area contributed by atoms with Crippen molar-refractivity contribution in [1.82, 2.24) is 4.90 Å². The predicted molar refractivity (Wildman–Crippen MR) is 127 cm³/mol. The first-order valence-corrected chi connectivity index (χ1v) is 11.8. The SMILES string of the molecule is C[C@@H]1OC(=O)[C@@H](CC(=O)OC(C)(C)C)COC[C@H](Cc2ccccc2)[C@H]1OCCC(=O)N(C)C. The molecule has 0 aromatic heterocycles. The zero-order chi connectivity index (χ0) is 25.3. The van der Waals surface area contributed by atoms with Crippen LogP contribution in [0.4, 0.5) is 0 Å². The fraction of sp³-hybridized carbons (Fsp3) is 0.654. The molecular weight excluding hydrogens is 438 g/mol. The van der Waals surface area contributed by atoms with Gasteiger partial charge in [0.2, 0.25) is 5.91 Å². The summed E-state index contributed by atoms with van der Waals surface area (Å²) < 4.78 is 23.2. The van der Waals surface area contributed by atoms with Gasteiger partial charge in [0, 0.05) is 20.0 Å². The van der Waals surface area contributed by atoms with Gasteiger partial charge in [0.1, 0.15) is 11.7 Å². The molecule has 0 spiro atoms. The second-order valence-corrected chi connectivity index (χ2v) is 9.99. The summed E-state index contributed by atoms with van der Waals surface area (Å²) in [5.74, 6) is -1.90. The van der Waals surface area contributed by atoms with Gasteiger partial charge in [0.05, 0.1) is 44.7 Å². The summed E-state index contributed by atoms with van der Waals surface area (Å²) in [6, 6.07) is 9.95. The monoisotopic (exact) mass is 477 g/mol. The third-order valence-electron chi connectivity index (χ3n) is 5.51. The van der Waals surface area contributed by atoms with Crippen LogP contribution in [0.2, 0.25) is 0 Å². The molecule has 0 radical (unpaired) electrons. The highest BCUT2D eigenvalue weighted by atomic mass is 16.6. The number of hydrogen-bond acceptors (Lipinski definition) is 7. The zero-order valence-corrected chi connectivity index (χ0v) is 21.2. The number of esters is 2. The van der Waals surface area contributed by atoms with Crippen molar-refractivity contribution in [1.29, 1.82) is 0 Å². The Bertz CT molecular complexity index is 803. The molecule has 0 saturated carbocycles. The molecule has 1 aliphatic heterocycles. The summed E-state index contributed by atoms with van der Waals surface area (Å²) in [5, 5.41) is 0. The van der Waals surface area contributed by atoms with Crippen molar-refractivity contribution in [3.63, 3.8) is 0 Å². The number of carbonyl (C=O) groups excluding carboxylic acids is 3. The number of rotatable bonds is 8. The van der Waals surface area contributed by atoms with Crippen molar-refractivity contribution in [2.75, 3.05) is 33.9 Å². The Morgan fingerprint density at radius 2 is 1.79 bits per heavy atom. The summed E-state index contributed by atoms with van der Waals surface area (Å²) >= 11 is 0. The lowest BCUT2D eigenvalue weighted by Crippen LogP contribution is -2.41. The minimum Gasteiger partial charge on any atom is -0.460 e. The van der Waals surface area contributed by atoms with Crippen molar-refractivity contribution in [3.05, 3.63) is 35.9 Å². The number of carbonyl (C=O) groups is 3. The molecule has 1 aromatic carbocycles. The lowest BCUT2D eigenvalue weighted by Gasteiger charge is -2.31. The highest BCUT2D eigenvalue weighted by Crippen LogP contribution is 2.25. The van der Waals surface area contributed by atoms with E-state index >= 15 is 0 Å². The molecule has 1 saturated heterocycles. The first-order valence-electron chi connectivity index (χ1n) is 11.8. The van der Waals surface area contributed by atoms with Crippen molar-refractivity contribution in [2.45, 2.75) is 64.8 Å². The third kappa shape index (κ3) is 9.43. The van der Waals surface area contributed by atoms with E-state index in [0.29, 0.717) is 13.0 Å². The van der Waals surface area contributed by atoms with Crippen LogP contribution in [-0.2, 0) is 39.8 Å². The second-order valence-electron chi connectivity index (χ2n) is 9.99. The fourth-order valence-corrected chi connectivity index (χ4v) is 3.85. The highest BCUT2D eigenvalue weighted by Gasteiger charge is 2.36. The Labute approximate surface area is 202 Å². The van der Waals surface area contributed by atoms with Gasteiger partial charge < -0.3 is 23.8 Å². The van der Waals surface area contributed by atoms with Gasteiger partial charge in [-0.15, -0.1) is 0 Å². The molecule has 1 heterocycles. The van der Waals surface area contributed by atoms with Crippen molar-refractivity contribution in [2.24, 2.45) is 11.8 Å². The molecule has 1 fully saturated rings. The summed E-state index contributed by atoms with van der Waals surface area (Å²) in [6.45, 7) is 7.71. The van der Waals surface area contributed by atoms with Gasteiger partial charge in [-0.25, -0.2) is 0 Å². The molecule has 0 bridgehead atoms. The van der Waals surface area contributed by atoms with E-state index < -0.39 is 35.7 Å². The Kier molecular flexibility index (Phi) is 10.5. The largest absolute Gasteiger partial charge is 0.460 e. The van der Waals surface area contributed by atoms with E-state index in [-0.39, 0.29) is 37.9 Å². The Morgan fingerprint density at radius 3 is 2.41 bits per heavy atom. The smallest absolute Gasteiger partial charge is 0.312 e. The number of ether oxygens (including phenoxy) is 4. The molecule has 2 rings (SSSR count). The first-order chi connectivity index (χ1) is 16.0. The fourth-order valence-electron chi connectivity index (χ4n) is 3.85. The van der Waals surface area contributed by atoms with Crippen LogP contribution in [0.25, 0.3) is 0 Å². The number of cyclic esters (lactones) is 1. The van der Waals surface area contributed by atoms with Crippen molar-refractivity contribution >= 4 is 17.8 Å². The number of nitrogens with zero attached hydrogens (tertiary/aromatic N) is 1. The molecule has 0 N–H and O–H groups in total. The zero-order valence-electron chi connectivity index (χ0n) is 21.2. The van der Waals surface area contributed by atoms with Crippen molar-refractivity contribution in [3.8, 4) is 0 Å². The van der Waals surface area contributed by atoms with Gasteiger partial charge in [-0.2, -0.15) is 0 Å². The normalized spacial score (nSPS) is 23.8. The maximum absolute atomic E-state index is 12.9. The van der Waals surface area contributed by atoms with Gasteiger partial charge >= 0.3 is 11.9 Å². The van der Waals surface area contributed by atoms with Crippen molar-refractivity contribution < 1.29 is 33.3 Å². The quantitative estimate of drug-likeness (QED) is 0.532. The topological polar surface area (TPSA) is 91.4 Å². The molecule has 190 valence electrons. The predicted octanol–water partition coefficient (Wildman–Crippen LogP) is 3.02. The maximum atomic E-state index is 12.9.